The minimum atomic E-state index is -0.438. The van der Waals surface area contributed by atoms with Crippen molar-refractivity contribution in [3.8, 4) is 5.75 Å². The molecule has 0 unspecified atom stereocenters. The van der Waals surface area contributed by atoms with Crippen LogP contribution in [0.3, 0.4) is 0 Å². The first-order chi connectivity index (χ1) is 12.1. The minimum absolute atomic E-state index is 0.265. The number of amides is 1. The molecule has 1 aromatic heterocycles. The number of carbonyl (C=O) groups excluding carboxylic acids is 1. The number of aryl methyl sites for hydroxylation is 2. The molecule has 5 heteroatoms. The summed E-state index contributed by atoms with van der Waals surface area (Å²) in [5.41, 5.74) is 2.29. The van der Waals surface area contributed by atoms with E-state index in [0.29, 0.717) is 13.2 Å². The SMILES string of the molecule is Cc1sc2cc(OCCNC(=O)OCc3ccccc3)ccc2c1C. The highest BCUT2D eigenvalue weighted by atomic mass is 32.1. The van der Waals surface area contributed by atoms with Crippen molar-refractivity contribution in [1.82, 2.24) is 5.32 Å². The summed E-state index contributed by atoms with van der Waals surface area (Å²) in [5, 5.41) is 3.97. The van der Waals surface area contributed by atoms with Gasteiger partial charge in [-0.15, -0.1) is 11.3 Å². The van der Waals surface area contributed by atoms with E-state index in [0.717, 1.165) is 11.3 Å². The van der Waals surface area contributed by atoms with E-state index in [1.54, 1.807) is 11.3 Å². The third-order valence-corrected chi connectivity index (χ3v) is 5.17. The smallest absolute Gasteiger partial charge is 0.407 e. The molecule has 3 aromatic rings. The number of nitrogens with one attached hydrogen (secondary N) is 1. The first-order valence-corrected chi connectivity index (χ1v) is 9.02. The number of thiophene rings is 1. The van der Waals surface area contributed by atoms with Gasteiger partial charge in [-0.05, 0) is 48.6 Å². The predicted octanol–water partition coefficient (Wildman–Crippen LogP) is 4.82. The van der Waals surface area contributed by atoms with Crippen LogP contribution in [0.15, 0.2) is 48.5 Å². The van der Waals surface area contributed by atoms with E-state index in [1.165, 1.54) is 20.5 Å². The highest BCUT2D eigenvalue weighted by molar-refractivity contribution is 7.19. The van der Waals surface area contributed by atoms with E-state index >= 15 is 0 Å². The van der Waals surface area contributed by atoms with Crippen molar-refractivity contribution in [2.45, 2.75) is 20.5 Å². The van der Waals surface area contributed by atoms with E-state index in [2.05, 4.69) is 25.2 Å². The molecule has 0 saturated heterocycles. The number of hydrogen-bond donors (Lipinski definition) is 1. The first kappa shape index (κ1) is 17.3. The van der Waals surface area contributed by atoms with Crippen LogP contribution in [0.4, 0.5) is 4.79 Å². The number of hydrogen-bond acceptors (Lipinski definition) is 4. The normalized spacial score (nSPS) is 10.6. The van der Waals surface area contributed by atoms with Crippen LogP contribution in [0.2, 0.25) is 0 Å². The fourth-order valence-corrected chi connectivity index (χ4v) is 3.61. The molecule has 4 nitrogen and oxygen atoms in total. The third kappa shape index (κ3) is 4.51. The van der Waals surface area contributed by atoms with Crippen LogP contribution in [0.5, 0.6) is 5.75 Å². The summed E-state index contributed by atoms with van der Waals surface area (Å²) in [6.07, 6.45) is -0.438. The lowest BCUT2D eigenvalue weighted by Gasteiger charge is -2.09. The zero-order valence-corrected chi connectivity index (χ0v) is 15.2. The molecule has 0 fully saturated rings. The number of benzene rings is 2. The van der Waals surface area contributed by atoms with Crippen molar-refractivity contribution in [3.63, 3.8) is 0 Å². The maximum Gasteiger partial charge on any atom is 0.407 e. The van der Waals surface area contributed by atoms with Gasteiger partial charge in [0.1, 0.15) is 19.0 Å². The van der Waals surface area contributed by atoms with Crippen LogP contribution in [0, 0.1) is 13.8 Å². The Labute approximate surface area is 151 Å². The molecule has 1 N–H and O–H groups in total. The quantitative estimate of drug-likeness (QED) is 0.645. The van der Waals surface area contributed by atoms with Gasteiger partial charge in [-0.3, -0.25) is 0 Å². The van der Waals surface area contributed by atoms with Crippen LogP contribution in [-0.2, 0) is 11.3 Å². The molecule has 0 bridgehead atoms. The number of carbonyl (C=O) groups is 1. The lowest BCUT2D eigenvalue weighted by Crippen LogP contribution is -2.28. The van der Waals surface area contributed by atoms with E-state index in [9.17, 15) is 4.79 Å². The van der Waals surface area contributed by atoms with Gasteiger partial charge in [0, 0.05) is 9.58 Å². The zero-order chi connectivity index (χ0) is 17.6. The van der Waals surface area contributed by atoms with Crippen LogP contribution in [-0.4, -0.2) is 19.2 Å². The summed E-state index contributed by atoms with van der Waals surface area (Å²) in [5.74, 6) is 0.813. The second kappa shape index (κ2) is 8.03. The molecule has 1 amide bonds. The molecular weight excluding hydrogens is 334 g/mol. The lowest BCUT2D eigenvalue weighted by atomic mass is 10.1. The Balaban J connectivity index is 1.41. The van der Waals surface area contributed by atoms with Crippen LogP contribution < -0.4 is 10.1 Å². The molecule has 0 spiro atoms. The van der Waals surface area contributed by atoms with Gasteiger partial charge in [-0.1, -0.05) is 30.3 Å². The largest absolute Gasteiger partial charge is 0.492 e. The zero-order valence-electron chi connectivity index (χ0n) is 14.4. The van der Waals surface area contributed by atoms with Crippen molar-refractivity contribution in [2.24, 2.45) is 0 Å². The Hall–Kier alpha value is -2.53. The maximum absolute atomic E-state index is 11.7. The fourth-order valence-electron chi connectivity index (χ4n) is 2.51. The van der Waals surface area contributed by atoms with Gasteiger partial charge in [0.15, 0.2) is 0 Å². The Bertz CT molecular complexity index is 858. The first-order valence-electron chi connectivity index (χ1n) is 8.20. The van der Waals surface area contributed by atoms with Crippen molar-refractivity contribution in [2.75, 3.05) is 13.2 Å². The van der Waals surface area contributed by atoms with E-state index < -0.39 is 6.09 Å². The molecule has 0 aliphatic heterocycles. The summed E-state index contributed by atoms with van der Waals surface area (Å²) >= 11 is 1.77. The topological polar surface area (TPSA) is 47.6 Å². The Morgan fingerprint density at radius 1 is 1.12 bits per heavy atom. The standard InChI is InChI=1S/C20H21NO3S/c1-14-15(2)25-19-12-17(8-9-18(14)19)23-11-10-21-20(22)24-13-16-6-4-3-5-7-16/h3-9,12H,10-11,13H2,1-2H3,(H,21,22). The molecule has 0 aliphatic rings. The number of alkyl carbamates (subject to hydrolysis) is 1. The molecule has 130 valence electrons. The van der Waals surface area contributed by atoms with Gasteiger partial charge < -0.3 is 14.8 Å². The summed E-state index contributed by atoms with van der Waals surface area (Å²) in [7, 11) is 0. The lowest BCUT2D eigenvalue weighted by molar-refractivity contribution is 0.137. The Morgan fingerprint density at radius 3 is 2.72 bits per heavy atom. The third-order valence-electron chi connectivity index (χ3n) is 4.00. The maximum atomic E-state index is 11.7. The van der Waals surface area contributed by atoms with Crippen LogP contribution in [0.25, 0.3) is 10.1 Å². The van der Waals surface area contributed by atoms with Crippen LogP contribution in [0.1, 0.15) is 16.0 Å². The van der Waals surface area contributed by atoms with Gasteiger partial charge in [-0.25, -0.2) is 4.79 Å². The van der Waals surface area contributed by atoms with Crippen molar-refractivity contribution in [3.05, 3.63) is 64.5 Å². The van der Waals surface area contributed by atoms with E-state index in [4.69, 9.17) is 9.47 Å². The molecule has 1 heterocycles. The fraction of sp³-hybridized carbons (Fsp3) is 0.250. The second-order valence-electron chi connectivity index (χ2n) is 5.78. The molecule has 3 rings (SSSR count). The molecule has 0 radical (unpaired) electrons. The highest BCUT2D eigenvalue weighted by Gasteiger charge is 2.06. The molecular formula is C20H21NO3S. The number of rotatable bonds is 6. The molecule has 25 heavy (non-hydrogen) atoms. The predicted molar refractivity (Wildman–Crippen MR) is 101 cm³/mol. The molecule has 0 saturated carbocycles. The highest BCUT2D eigenvalue weighted by Crippen LogP contribution is 2.32. The van der Waals surface area contributed by atoms with Gasteiger partial charge in [0.2, 0.25) is 0 Å². The van der Waals surface area contributed by atoms with Crippen LogP contribution >= 0.6 is 11.3 Å². The van der Waals surface area contributed by atoms with Crippen molar-refractivity contribution >= 4 is 27.5 Å². The number of fused-ring (bicyclic) bond motifs is 1. The van der Waals surface area contributed by atoms with Gasteiger partial charge in [-0.2, -0.15) is 0 Å². The average Bonchev–Trinajstić information content (AvgIpc) is 2.91. The molecule has 2 aromatic carbocycles. The van der Waals surface area contributed by atoms with E-state index in [1.807, 2.05) is 42.5 Å². The van der Waals surface area contributed by atoms with Gasteiger partial charge in [0.05, 0.1) is 6.54 Å². The Kier molecular flexibility index (Phi) is 5.56. The van der Waals surface area contributed by atoms with Crippen molar-refractivity contribution in [1.29, 1.82) is 0 Å². The van der Waals surface area contributed by atoms with Crippen molar-refractivity contribution < 1.29 is 14.3 Å². The Morgan fingerprint density at radius 2 is 1.92 bits per heavy atom. The summed E-state index contributed by atoms with van der Waals surface area (Å²) in [6, 6.07) is 15.7. The molecule has 0 aliphatic carbocycles. The second-order valence-corrected chi connectivity index (χ2v) is 7.03. The van der Waals surface area contributed by atoms with Gasteiger partial charge >= 0.3 is 6.09 Å². The summed E-state index contributed by atoms with van der Waals surface area (Å²) in [4.78, 5) is 13.0. The monoisotopic (exact) mass is 355 g/mol. The summed E-state index contributed by atoms with van der Waals surface area (Å²) in [6.45, 7) is 5.33. The van der Waals surface area contributed by atoms with E-state index in [-0.39, 0.29) is 6.61 Å². The average molecular weight is 355 g/mol. The summed E-state index contributed by atoms with van der Waals surface area (Å²) < 4.78 is 12.1. The number of ether oxygens (including phenoxy) is 2. The minimum Gasteiger partial charge on any atom is -0.492 e. The molecule has 0 atom stereocenters. The van der Waals surface area contributed by atoms with Gasteiger partial charge in [0.25, 0.3) is 0 Å².